The highest BCUT2D eigenvalue weighted by atomic mass is 35.5. The predicted molar refractivity (Wildman–Crippen MR) is 81.9 cm³/mol. The van der Waals surface area contributed by atoms with Crippen LogP contribution in [0.2, 0.25) is 5.02 Å². The van der Waals surface area contributed by atoms with Crippen LogP contribution in [0.4, 0.5) is 10.1 Å². The molecule has 1 saturated carbocycles. The van der Waals surface area contributed by atoms with E-state index in [9.17, 15) is 4.39 Å². The van der Waals surface area contributed by atoms with Crippen molar-refractivity contribution in [2.24, 2.45) is 11.8 Å². The molecule has 0 spiro atoms. The summed E-state index contributed by atoms with van der Waals surface area (Å²) in [4.78, 5) is 2.35. The Labute approximate surface area is 125 Å². The van der Waals surface area contributed by atoms with Gasteiger partial charge in [0.05, 0.1) is 0 Å². The van der Waals surface area contributed by atoms with Gasteiger partial charge in [-0.25, -0.2) is 4.39 Å². The first kappa shape index (κ1) is 14.2. The fourth-order valence-corrected chi connectivity index (χ4v) is 3.42. The summed E-state index contributed by atoms with van der Waals surface area (Å²) in [6.07, 6.45) is 2.64. The third kappa shape index (κ3) is 2.94. The zero-order valence-corrected chi connectivity index (χ0v) is 12.8. The molecule has 1 aliphatic heterocycles. The van der Waals surface area contributed by atoms with Crippen LogP contribution in [0.25, 0.3) is 0 Å². The van der Waals surface area contributed by atoms with Crippen molar-refractivity contribution in [3.63, 3.8) is 0 Å². The molecule has 1 aliphatic carbocycles. The van der Waals surface area contributed by atoms with E-state index in [1.807, 2.05) is 6.07 Å². The number of nitrogens with zero attached hydrogens (tertiary/aromatic N) is 1. The quantitative estimate of drug-likeness (QED) is 0.915. The standard InChI is InChI=1S/C16H22ClFN2/c1-10(2)16-8-19-15(11-3-4-11)9-20(16)14-6-12(17)5-13(18)7-14/h5-7,10-11,15-16,19H,3-4,8-9H2,1-2H3. The maximum absolute atomic E-state index is 13.7. The lowest BCUT2D eigenvalue weighted by Crippen LogP contribution is -2.59. The van der Waals surface area contributed by atoms with Crippen LogP contribution in [-0.4, -0.2) is 25.2 Å². The van der Waals surface area contributed by atoms with E-state index >= 15 is 0 Å². The summed E-state index contributed by atoms with van der Waals surface area (Å²) < 4.78 is 13.7. The molecule has 1 heterocycles. The van der Waals surface area contributed by atoms with Gasteiger partial charge in [0.1, 0.15) is 5.82 Å². The van der Waals surface area contributed by atoms with Gasteiger partial charge >= 0.3 is 0 Å². The Bertz CT molecular complexity index is 467. The van der Waals surface area contributed by atoms with Crippen LogP contribution in [0.15, 0.2) is 18.2 Å². The van der Waals surface area contributed by atoms with E-state index in [1.54, 1.807) is 6.07 Å². The highest BCUT2D eigenvalue weighted by Gasteiger charge is 2.38. The van der Waals surface area contributed by atoms with E-state index in [0.717, 1.165) is 24.7 Å². The van der Waals surface area contributed by atoms with E-state index in [2.05, 4.69) is 24.1 Å². The van der Waals surface area contributed by atoms with Crippen molar-refractivity contribution in [1.29, 1.82) is 0 Å². The van der Waals surface area contributed by atoms with Crippen LogP contribution in [0.1, 0.15) is 26.7 Å². The normalized spacial score (nSPS) is 27.1. The second-order valence-electron chi connectivity index (χ2n) is 6.44. The third-order valence-corrected chi connectivity index (χ3v) is 4.74. The van der Waals surface area contributed by atoms with Crippen LogP contribution in [-0.2, 0) is 0 Å². The van der Waals surface area contributed by atoms with Crippen LogP contribution in [0.5, 0.6) is 0 Å². The number of hydrogen-bond acceptors (Lipinski definition) is 2. The summed E-state index contributed by atoms with van der Waals surface area (Å²) >= 11 is 6.03. The van der Waals surface area contributed by atoms with Gasteiger partial charge in [-0.3, -0.25) is 0 Å². The van der Waals surface area contributed by atoms with E-state index < -0.39 is 0 Å². The lowest BCUT2D eigenvalue weighted by molar-refractivity contribution is 0.320. The number of halogens is 2. The number of benzene rings is 1. The van der Waals surface area contributed by atoms with E-state index in [-0.39, 0.29) is 5.82 Å². The smallest absolute Gasteiger partial charge is 0.126 e. The lowest BCUT2D eigenvalue weighted by atomic mass is 9.96. The van der Waals surface area contributed by atoms with Gasteiger partial charge in [-0.15, -0.1) is 0 Å². The fourth-order valence-electron chi connectivity index (χ4n) is 3.21. The van der Waals surface area contributed by atoms with E-state index in [1.165, 1.54) is 18.9 Å². The van der Waals surface area contributed by atoms with Crippen molar-refractivity contribution in [3.05, 3.63) is 29.0 Å². The molecule has 0 radical (unpaired) electrons. The Morgan fingerprint density at radius 3 is 2.65 bits per heavy atom. The monoisotopic (exact) mass is 296 g/mol. The molecule has 110 valence electrons. The molecular formula is C16H22ClFN2. The van der Waals surface area contributed by atoms with Gasteiger partial charge in [-0.1, -0.05) is 25.4 Å². The molecule has 2 atom stereocenters. The molecule has 0 bridgehead atoms. The van der Waals surface area contributed by atoms with Gasteiger partial charge < -0.3 is 10.2 Å². The number of anilines is 1. The minimum Gasteiger partial charge on any atom is -0.365 e. The molecule has 3 rings (SSSR count). The average molecular weight is 297 g/mol. The van der Waals surface area contributed by atoms with Crippen LogP contribution in [0, 0.1) is 17.7 Å². The summed E-state index contributed by atoms with van der Waals surface area (Å²) in [6, 6.07) is 5.79. The molecule has 20 heavy (non-hydrogen) atoms. The van der Waals surface area contributed by atoms with Crippen molar-refractivity contribution in [3.8, 4) is 0 Å². The predicted octanol–water partition coefficient (Wildman–Crippen LogP) is 3.69. The van der Waals surface area contributed by atoms with Crippen molar-refractivity contribution in [2.75, 3.05) is 18.0 Å². The molecule has 1 aromatic rings. The Morgan fingerprint density at radius 2 is 2.05 bits per heavy atom. The summed E-state index contributed by atoms with van der Waals surface area (Å²) in [5.74, 6) is 1.07. The highest BCUT2D eigenvalue weighted by Crippen LogP contribution is 2.36. The second-order valence-corrected chi connectivity index (χ2v) is 6.88. The largest absolute Gasteiger partial charge is 0.365 e. The zero-order valence-electron chi connectivity index (χ0n) is 12.1. The molecule has 2 unspecified atom stereocenters. The third-order valence-electron chi connectivity index (χ3n) is 4.52. The Hall–Kier alpha value is -0.800. The van der Waals surface area contributed by atoms with Crippen LogP contribution >= 0.6 is 11.6 Å². The first-order valence-corrected chi connectivity index (χ1v) is 7.88. The van der Waals surface area contributed by atoms with Crippen molar-refractivity contribution >= 4 is 17.3 Å². The lowest BCUT2D eigenvalue weighted by Gasteiger charge is -2.44. The molecule has 2 aliphatic rings. The molecule has 0 amide bonds. The Balaban J connectivity index is 1.87. The molecule has 0 aromatic heterocycles. The van der Waals surface area contributed by atoms with E-state index in [0.29, 0.717) is 23.0 Å². The summed E-state index contributed by atoms with van der Waals surface area (Å²) in [6.45, 7) is 6.36. The zero-order chi connectivity index (χ0) is 14.3. The van der Waals surface area contributed by atoms with Crippen LogP contribution in [0.3, 0.4) is 0 Å². The number of hydrogen-bond donors (Lipinski definition) is 1. The maximum Gasteiger partial charge on any atom is 0.126 e. The first-order valence-electron chi connectivity index (χ1n) is 7.50. The molecule has 2 nitrogen and oxygen atoms in total. The second kappa shape index (κ2) is 5.53. The number of piperazine rings is 1. The first-order chi connectivity index (χ1) is 9.54. The highest BCUT2D eigenvalue weighted by molar-refractivity contribution is 6.30. The molecule has 2 fully saturated rings. The van der Waals surface area contributed by atoms with Crippen LogP contribution < -0.4 is 10.2 Å². The minimum absolute atomic E-state index is 0.253. The topological polar surface area (TPSA) is 15.3 Å². The average Bonchev–Trinajstić information content (AvgIpc) is 3.21. The Kier molecular flexibility index (Phi) is 3.91. The minimum atomic E-state index is -0.253. The molecule has 1 aromatic carbocycles. The Morgan fingerprint density at radius 1 is 1.30 bits per heavy atom. The van der Waals surface area contributed by atoms with E-state index in [4.69, 9.17) is 11.6 Å². The molecular weight excluding hydrogens is 275 g/mol. The molecule has 4 heteroatoms. The molecule has 1 saturated heterocycles. The number of rotatable bonds is 3. The van der Waals surface area contributed by atoms with Gasteiger partial charge in [-0.2, -0.15) is 0 Å². The van der Waals surface area contributed by atoms with Crippen molar-refractivity contribution < 1.29 is 4.39 Å². The van der Waals surface area contributed by atoms with Gasteiger partial charge in [0.15, 0.2) is 0 Å². The SMILES string of the molecule is CC(C)C1CNC(C2CC2)CN1c1cc(F)cc(Cl)c1. The number of nitrogens with one attached hydrogen (secondary N) is 1. The molecule has 1 N–H and O–H groups in total. The summed E-state index contributed by atoms with van der Waals surface area (Å²) in [5, 5.41) is 4.15. The van der Waals surface area contributed by atoms with Gasteiger partial charge in [0.25, 0.3) is 0 Å². The van der Waals surface area contributed by atoms with Gasteiger partial charge in [0.2, 0.25) is 0 Å². The van der Waals surface area contributed by atoms with Gasteiger partial charge in [0, 0.05) is 35.9 Å². The van der Waals surface area contributed by atoms with Gasteiger partial charge in [-0.05, 0) is 42.9 Å². The maximum atomic E-state index is 13.7. The summed E-state index contributed by atoms with van der Waals surface area (Å²) in [5.41, 5.74) is 0.917. The summed E-state index contributed by atoms with van der Waals surface area (Å²) in [7, 11) is 0. The van der Waals surface area contributed by atoms with Crippen molar-refractivity contribution in [1.82, 2.24) is 5.32 Å². The van der Waals surface area contributed by atoms with Crippen molar-refractivity contribution in [2.45, 2.75) is 38.8 Å². The fraction of sp³-hybridized carbons (Fsp3) is 0.625.